The lowest BCUT2D eigenvalue weighted by molar-refractivity contribution is -0.148. The van der Waals surface area contributed by atoms with E-state index in [2.05, 4.69) is 10.2 Å². The largest absolute Gasteiger partial charge is 0.459 e. The molecule has 2 atom stereocenters. The van der Waals surface area contributed by atoms with Crippen LogP contribution in [0.2, 0.25) is 0 Å². The summed E-state index contributed by atoms with van der Waals surface area (Å²) in [6, 6.07) is 7.71. The Hall–Kier alpha value is -2.35. The minimum absolute atomic E-state index is 0.165. The number of amides is 1. The summed E-state index contributed by atoms with van der Waals surface area (Å²) in [4.78, 5) is 26.2. The number of rotatable bonds is 5. The van der Waals surface area contributed by atoms with Crippen molar-refractivity contribution in [3.8, 4) is 0 Å². The van der Waals surface area contributed by atoms with E-state index < -0.39 is 24.0 Å². The second kappa shape index (κ2) is 7.17. The summed E-state index contributed by atoms with van der Waals surface area (Å²) in [5.74, 6) is -0.992. The maximum atomic E-state index is 11.6. The van der Waals surface area contributed by atoms with E-state index in [0.29, 0.717) is 0 Å². The average Bonchev–Trinajstić information content (AvgIpc) is 2.44. The van der Waals surface area contributed by atoms with Crippen LogP contribution in [-0.2, 0) is 20.9 Å². The molecule has 1 amide bonds. The number of nitrogens with zero attached hydrogens (tertiary/aromatic N) is 1. The predicted octanol–water partition coefficient (Wildman–Crippen LogP) is 1.54. The minimum Gasteiger partial charge on any atom is -0.459 e. The van der Waals surface area contributed by atoms with Gasteiger partial charge < -0.3 is 14.9 Å². The van der Waals surface area contributed by atoms with Gasteiger partial charge in [-0.25, -0.2) is 11.4 Å². The number of hydrogen-bond donors (Lipinski definition) is 1. The molecule has 5 heteroatoms. The summed E-state index contributed by atoms with van der Waals surface area (Å²) in [7, 11) is 0. The van der Waals surface area contributed by atoms with Gasteiger partial charge in [0, 0.05) is 6.92 Å². The molecule has 1 aromatic rings. The molecule has 5 nitrogen and oxygen atoms in total. The molecule has 1 aromatic carbocycles. The van der Waals surface area contributed by atoms with E-state index >= 15 is 0 Å². The van der Waals surface area contributed by atoms with Gasteiger partial charge in [0.1, 0.15) is 12.6 Å². The highest BCUT2D eigenvalue weighted by molar-refractivity contribution is 5.88. The molecule has 0 fully saturated rings. The van der Waals surface area contributed by atoms with Gasteiger partial charge in [0.05, 0.1) is 0 Å². The van der Waals surface area contributed by atoms with Crippen molar-refractivity contribution in [3.63, 3.8) is 0 Å². The van der Waals surface area contributed by atoms with Crippen LogP contribution in [0.15, 0.2) is 30.3 Å². The van der Waals surface area contributed by atoms with Crippen molar-refractivity contribution >= 4 is 11.9 Å². The molecule has 0 aliphatic heterocycles. The molecule has 0 saturated heterocycles. The maximum Gasteiger partial charge on any atom is 0.328 e. The van der Waals surface area contributed by atoms with Crippen molar-refractivity contribution in [1.82, 2.24) is 5.32 Å². The zero-order valence-corrected chi connectivity index (χ0v) is 10.9. The second-order valence-electron chi connectivity index (χ2n) is 4.13. The van der Waals surface area contributed by atoms with E-state index in [1.165, 1.54) is 13.8 Å². The van der Waals surface area contributed by atoms with Gasteiger partial charge in [0.2, 0.25) is 0 Å². The molecule has 1 rings (SSSR count). The Morgan fingerprint density at radius 2 is 1.95 bits per heavy atom. The first-order chi connectivity index (χ1) is 9.04. The van der Waals surface area contributed by atoms with Gasteiger partial charge in [-0.1, -0.05) is 30.3 Å². The van der Waals surface area contributed by atoms with E-state index in [1.54, 1.807) is 0 Å². The fourth-order valence-corrected chi connectivity index (χ4v) is 1.31. The third-order valence-corrected chi connectivity index (χ3v) is 2.51. The van der Waals surface area contributed by atoms with Crippen molar-refractivity contribution in [2.45, 2.75) is 32.5 Å². The third-order valence-electron chi connectivity index (χ3n) is 2.51. The van der Waals surface area contributed by atoms with E-state index in [0.717, 1.165) is 5.56 Å². The van der Waals surface area contributed by atoms with Crippen molar-refractivity contribution in [2.75, 3.05) is 0 Å². The SMILES string of the molecule is [C-]#[N+][C@@H](C)C(=O)N[C@@H](C)C(=O)OCc1ccccc1. The Balaban J connectivity index is 2.41. The smallest absolute Gasteiger partial charge is 0.328 e. The summed E-state index contributed by atoms with van der Waals surface area (Å²) in [6.45, 7) is 9.90. The summed E-state index contributed by atoms with van der Waals surface area (Å²) in [5.41, 5.74) is 0.879. The van der Waals surface area contributed by atoms with Gasteiger partial charge in [0.15, 0.2) is 0 Å². The lowest BCUT2D eigenvalue weighted by Crippen LogP contribution is -2.42. The van der Waals surface area contributed by atoms with Gasteiger partial charge in [-0.3, -0.25) is 4.79 Å². The Morgan fingerprint density at radius 1 is 1.32 bits per heavy atom. The first-order valence-electron chi connectivity index (χ1n) is 5.92. The zero-order valence-electron chi connectivity index (χ0n) is 10.9. The van der Waals surface area contributed by atoms with Crippen LogP contribution < -0.4 is 5.32 Å². The Kier molecular flexibility index (Phi) is 5.55. The Morgan fingerprint density at radius 3 is 2.53 bits per heavy atom. The first-order valence-corrected chi connectivity index (χ1v) is 5.92. The molecule has 0 spiro atoms. The summed E-state index contributed by atoms with van der Waals surface area (Å²) >= 11 is 0. The van der Waals surface area contributed by atoms with Crippen LogP contribution in [0, 0.1) is 6.57 Å². The molecule has 0 aromatic heterocycles. The topological polar surface area (TPSA) is 59.8 Å². The quantitative estimate of drug-likeness (QED) is 0.645. The van der Waals surface area contributed by atoms with Gasteiger partial charge in [-0.15, -0.1) is 0 Å². The average molecular weight is 260 g/mol. The second-order valence-corrected chi connectivity index (χ2v) is 4.13. The highest BCUT2D eigenvalue weighted by Crippen LogP contribution is 2.02. The molecule has 100 valence electrons. The van der Waals surface area contributed by atoms with Gasteiger partial charge in [-0.2, -0.15) is 0 Å². The highest BCUT2D eigenvalue weighted by atomic mass is 16.5. The van der Waals surface area contributed by atoms with Gasteiger partial charge >= 0.3 is 11.9 Å². The van der Waals surface area contributed by atoms with Crippen molar-refractivity contribution in [3.05, 3.63) is 47.3 Å². The Bertz CT molecular complexity index is 479. The fraction of sp³-hybridized carbons (Fsp3) is 0.357. The maximum absolute atomic E-state index is 11.6. The normalized spacial score (nSPS) is 12.9. The van der Waals surface area contributed by atoms with Crippen LogP contribution in [0.25, 0.3) is 4.85 Å². The van der Waals surface area contributed by atoms with Crippen molar-refractivity contribution in [1.29, 1.82) is 0 Å². The molecular weight excluding hydrogens is 244 g/mol. The first kappa shape index (κ1) is 14.7. The van der Waals surface area contributed by atoms with E-state index in [9.17, 15) is 9.59 Å². The number of benzene rings is 1. The standard InChI is InChI=1S/C14H16N2O3/c1-10(15-3)13(17)16-11(2)14(18)19-9-12-7-5-4-6-8-12/h4-8,10-11H,9H2,1-2H3,(H,16,17)/t10-,11-/m0/s1. The van der Waals surface area contributed by atoms with Gasteiger partial charge in [-0.05, 0) is 12.5 Å². The summed E-state index contributed by atoms with van der Waals surface area (Å²) < 4.78 is 5.07. The lowest BCUT2D eigenvalue weighted by Gasteiger charge is -2.13. The molecule has 0 heterocycles. The van der Waals surface area contributed by atoms with Crippen LogP contribution >= 0.6 is 0 Å². The molecule has 1 N–H and O–H groups in total. The van der Waals surface area contributed by atoms with Crippen LogP contribution in [0.4, 0.5) is 0 Å². The number of nitrogens with one attached hydrogen (secondary N) is 1. The predicted molar refractivity (Wildman–Crippen MR) is 69.9 cm³/mol. The summed E-state index contributed by atoms with van der Waals surface area (Å²) in [5, 5.41) is 2.44. The molecule has 0 aliphatic rings. The number of carbonyl (C=O) groups is 2. The molecule has 0 bridgehead atoms. The van der Waals surface area contributed by atoms with Crippen LogP contribution in [0.3, 0.4) is 0 Å². The monoisotopic (exact) mass is 260 g/mol. The van der Waals surface area contributed by atoms with Crippen molar-refractivity contribution in [2.24, 2.45) is 0 Å². The van der Waals surface area contributed by atoms with E-state index in [4.69, 9.17) is 11.3 Å². The third kappa shape index (κ3) is 4.80. The zero-order chi connectivity index (χ0) is 14.3. The van der Waals surface area contributed by atoms with Gasteiger partial charge in [0.25, 0.3) is 6.04 Å². The van der Waals surface area contributed by atoms with Crippen LogP contribution in [0.1, 0.15) is 19.4 Å². The number of hydrogen-bond acceptors (Lipinski definition) is 3. The lowest BCUT2D eigenvalue weighted by atomic mass is 10.2. The van der Waals surface area contributed by atoms with Crippen molar-refractivity contribution < 1.29 is 14.3 Å². The Labute approximate surface area is 112 Å². The molecule has 0 aliphatic carbocycles. The van der Waals surface area contributed by atoms with E-state index in [-0.39, 0.29) is 6.61 Å². The molecule has 0 saturated carbocycles. The molecule has 19 heavy (non-hydrogen) atoms. The highest BCUT2D eigenvalue weighted by Gasteiger charge is 2.23. The molecule has 0 radical (unpaired) electrons. The van der Waals surface area contributed by atoms with E-state index in [1.807, 2.05) is 30.3 Å². The minimum atomic E-state index is -0.802. The number of ether oxygens (including phenoxy) is 1. The van der Waals surface area contributed by atoms with Crippen LogP contribution in [0.5, 0.6) is 0 Å². The summed E-state index contributed by atoms with van der Waals surface area (Å²) in [6.07, 6.45) is 0. The fourth-order valence-electron chi connectivity index (χ4n) is 1.31. The number of carbonyl (C=O) groups excluding carboxylic acids is 2. The molecular formula is C14H16N2O3. The molecule has 0 unspecified atom stereocenters. The van der Waals surface area contributed by atoms with Crippen LogP contribution in [-0.4, -0.2) is 24.0 Å². The number of esters is 1.